The van der Waals surface area contributed by atoms with E-state index in [0.717, 1.165) is 12.0 Å². The summed E-state index contributed by atoms with van der Waals surface area (Å²) in [5.41, 5.74) is 2.01. The van der Waals surface area contributed by atoms with E-state index in [1.54, 1.807) is 26.0 Å². The number of hydrogen-bond acceptors (Lipinski definition) is 4. The van der Waals surface area contributed by atoms with Crippen molar-refractivity contribution in [3.63, 3.8) is 0 Å². The van der Waals surface area contributed by atoms with Gasteiger partial charge < -0.3 is 14.2 Å². The van der Waals surface area contributed by atoms with E-state index in [-0.39, 0.29) is 16.4 Å². The molecule has 0 N–H and O–H groups in total. The van der Waals surface area contributed by atoms with Crippen LogP contribution in [0.3, 0.4) is 0 Å². The summed E-state index contributed by atoms with van der Waals surface area (Å²) < 4.78 is 31.3. The van der Waals surface area contributed by atoms with Crippen LogP contribution in [0.5, 0.6) is 5.75 Å². The molecule has 1 unspecified atom stereocenters. The van der Waals surface area contributed by atoms with Crippen LogP contribution in [0.4, 0.5) is 4.39 Å². The lowest BCUT2D eigenvalue weighted by molar-refractivity contribution is -0.196. The number of hydrogen-bond donors (Lipinski definition) is 0. The predicted molar refractivity (Wildman–Crippen MR) is 96.2 cm³/mol. The fourth-order valence-electron chi connectivity index (χ4n) is 3.02. The lowest BCUT2D eigenvalue weighted by Gasteiger charge is -2.38. The van der Waals surface area contributed by atoms with Crippen LogP contribution in [-0.4, -0.2) is 18.9 Å². The third-order valence-electron chi connectivity index (χ3n) is 4.29. The van der Waals surface area contributed by atoms with E-state index < -0.39 is 17.9 Å². The van der Waals surface area contributed by atoms with Gasteiger partial charge >= 0.3 is 5.97 Å². The summed E-state index contributed by atoms with van der Waals surface area (Å²) in [4.78, 5) is 11.9. The van der Waals surface area contributed by atoms with Gasteiger partial charge in [0.25, 0.3) is 0 Å². The Balaban J connectivity index is 2.16. The molecule has 0 aliphatic carbocycles. The Labute approximate surface area is 156 Å². The van der Waals surface area contributed by atoms with Crippen molar-refractivity contribution in [2.75, 3.05) is 7.11 Å². The summed E-state index contributed by atoms with van der Waals surface area (Å²) in [5, 5.41) is 0.252. The average Bonchev–Trinajstić information content (AvgIpc) is 2.58. The lowest BCUT2D eigenvalue weighted by Crippen LogP contribution is -2.38. The third kappa shape index (κ3) is 3.41. The minimum atomic E-state index is -1.02. The van der Waals surface area contributed by atoms with Gasteiger partial charge in [-0.2, -0.15) is 0 Å². The Morgan fingerprint density at radius 3 is 2.65 bits per heavy atom. The molecule has 2 aromatic carbocycles. The number of benzene rings is 2. The summed E-state index contributed by atoms with van der Waals surface area (Å²) in [5.74, 6) is -1.55. The van der Waals surface area contributed by atoms with Crippen LogP contribution in [0.25, 0.3) is 0 Å². The number of halogens is 2. The number of carbonyl (C=O) groups is 1. The highest BCUT2D eigenvalue weighted by Gasteiger charge is 2.38. The van der Waals surface area contributed by atoms with Crippen LogP contribution in [0.1, 0.15) is 53.9 Å². The smallest absolute Gasteiger partial charge is 0.338 e. The van der Waals surface area contributed by atoms with Crippen molar-refractivity contribution in [1.29, 1.82) is 0 Å². The number of carbonyl (C=O) groups excluding carboxylic acids is 1. The van der Waals surface area contributed by atoms with Gasteiger partial charge in [0.2, 0.25) is 5.79 Å². The maximum absolute atomic E-state index is 14.7. The first-order chi connectivity index (χ1) is 12.3. The van der Waals surface area contributed by atoms with Gasteiger partial charge in [0.05, 0.1) is 17.7 Å². The number of fused-ring (bicyclic) bond motifs is 1. The van der Waals surface area contributed by atoms with E-state index in [4.69, 9.17) is 25.8 Å². The Bertz CT molecular complexity index is 863. The van der Waals surface area contributed by atoms with Crippen molar-refractivity contribution in [3.8, 4) is 5.75 Å². The first kappa shape index (κ1) is 18.7. The molecule has 1 atom stereocenters. The van der Waals surface area contributed by atoms with Crippen LogP contribution in [0.15, 0.2) is 30.3 Å². The van der Waals surface area contributed by atoms with Gasteiger partial charge in [0.15, 0.2) is 0 Å². The highest BCUT2D eigenvalue weighted by Crippen LogP contribution is 2.46. The number of rotatable bonds is 3. The molecule has 3 rings (SSSR count). The maximum Gasteiger partial charge on any atom is 0.338 e. The third-order valence-corrected chi connectivity index (χ3v) is 4.60. The van der Waals surface area contributed by atoms with Crippen LogP contribution in [0.2, 0.25) is 5.02 Å². The maximum atomic E-state index is 14.7. The number of methoxy groups -OCH3 is 1. The zero-order valence-corrected chi connectivity index (χ0v) is 15.8. The van der Waals surface area contributed by atoms with Crippen LogP contribution < -0.4 is 4.74 Å². The van der Waals surface area contributed by atoms with Gasteiger partial charge in [-0.25, -0.2) is 9.18 Å². The molecule has 0 aromatic heterocycles. The van der Waals surface area contributed by atoms with Crippen molar-refractivity contribution in [3.05, 3.63) is 63.4 Å². The van der Waals surface area contributed by atoms with E-state index in [9.17, 15) is 9.18 Å². The van der Waals surface area contributed by atoms with Gasteiger partial charge in [-0.3, -0.25) is 0 Å². The van der Waals surface area contributed by atoms with Gasteiger partial charge in [-0.15, -0.1) is 0 Å². The molecule has 0 saturated carbocycles. The topological polar surface area (TPSA) is 44.8 Å². The molecule has 4 nitrogen and oxygen atoms in total. The second-order valence-corrected chi connectivity index (χ2v) is 6.98. The quantitative estimate of drug-likeness (QED) is 0.700. The lowest BCUT2D eigenvalue weighted by atomic mass is 9.95. The second-order valence-electron chi connectivity index (χ2n) is 6.57. The fourth-order valence-corrected chi connectivity index (χ4v) is 3.33. The van der Waals surface area contributed by atoms with E-state index >= 15 is 0 Å². The van der Waals surface area contributed by atoms with Gasteiger partial charge in [0.1, 0.15) is 17.7 Å². The SMILES string of the molecule is CCc1ccc(C2OC(C)(C)Oc3cc(C(=O)OC)cc(Cl)c32)c(F)c1. The van der Waals surface area contributed by atoms with E-state index in [2.05, 4.69) is 0 Å². The molecule has 0 spiro atoms. The van der Waals surface area contributed by atoms with Crippen LogP contribution in [0, 0.1) is 5.82 Å². The van der Waals surface area contributed by atoms with E-state index in [1.807, 2.05) is 13.0 Å². The normalized spacial score (nSPS) is 18.0. The fraction of sp³-hybridized carbons (Fsp3) is 0.350. The summed E-state index contributed by atoms with van der Waals surface area (Å²) in [6.45, 7) is 5.41. The molecule has 1 aliphatic heterocycles. The van der Waals surface area contributed by atoms with Crippen molar-refractivity contribution >= 4 is 17.6 Å². The molecular weight excluding hydrogens is 359 g/mol. The van der Waals surface area contributed by atoms with Crippen molar-refractivity contribution in [2.24, 2.45) is 0 Å². The van der Waals surface area contributed by atoms with Gasteiger partial charge in [0, 0.05) is 25.0 Å². The summed E-state index contributed by atoms with van der Waals surface area (Å²) in [6, 6.07) is 8.08. The Kier molecular flexibility index (Phi) is 4.95. The largest absolute Gasteiger partial charge is 0.465 e. The monoisotopic (exact) mass is 378 g/mol. The molecule has 6 heteroatoms. The van der Waals surface area contributed by atoms with E-state index in [0.29, 0.717) is 16.9 Å². The molecule has 0 radical (unpaired) electrons. The molecule has 0 saturated heterocycles. The molecule has 0 amide bonds. The summed E-state index contributed by atoms with van der Waals surface area (Å²) in [7, 11) is 1.29. The van der Waals surface area contributed by atoms with Crippen molar-refractivity contribution in [1.82, 2.24) is 0 Å². The number of esters is 1. The minimum Gasteiger partial charge on any atom is -0.465 e. The standard InChI is InChI=1S/C20H20ClFO4/c1-5-11-6-7-13(15(22)8-11)18-17-14(21)9-12(19(23)24-4)10-16(17)25-20(2,3)26-18/h6-10,18H,5H2,1-4H3. The highest BCUT2D eigenvalue weighted by molar-refractivity contribution is 6.32. The summed E-state index contributed by atoms with van der Waals surface area (Å²) >= 11 is 6.41. The molecular formula is C20H20ClFO4. The highest BCUT2D eigenvalue weighted by atomic mass is 35.5. The molecule has 1 aliphatic rings. The molecule has 2 aromatic rings. The zero-order valence-electron chi connectivity index (χ0n) is 15.1. The zero-order chi connectivity index (χ0) is 19.1. The van der Waals surface area contributed by atoms with E-state index in [1.165, 1.54) is 19.2 Å². The first-order valence-electron chi connectivity index (χ1n) is 8.32. The predicted octanol–water partition coefficient (Wildman–Crippen LogP) is 5.06. The van der Waals surface area contributed by atoms with Crippen LogP contribution in [-0.2, 0) is 15.9 Å². The molecule has 26 heavy (non-hydrogen) atoms. The number of ether oxygens (including phenoxy) is 3. The molecule has 0 bridgehead atoms. The van der Waals surface area contributed by atoms with Crippen molar-refractivity contribution < 1.29 is 23.4 Å². The second kappa shape index (κ2) is 6.89. The Morgan fingerprint density at radius 2 is 2.04 bits per heavy atom. The molecule has 1 heterocycles. The minimum absolute atomic E-state index is 0.252. The molecule has 0 fully saturated rings. The van der Waals surface area contributed by atoms with Gasteiger partial charge in [-0.05, 0) is 30.2 Å². The molecule has 138 valence electrons. The van der Waals surface area contributed by atoms with Crippen LogP contribution >= 0.6 is 11.6 Å². The summed E-state index contributed by atoms with van der Waals surface area (Å²) in [6.07, 6.45) is -0.0178. The van der Waals surface area contributed by atoms with Crippen molar-refractivity contribution in [2.45, 2.75) is 39.1 Å². The Hall–Kier alpha value is -2.11. The first-order valence-corrected chi connectivity index (χ1v) is 8.70. The Morgan fingerprint density at radius 1 is 1.31 bits per heavy atom. The van der Waals surface area contributed by atoms with Gasteiger partial charge in [-0.1, -0.05) is 30.7 Å². The number of aryl methyl sites for hydroxylation is 1. The average molecular weight is 379 g/mol.